The van der Waals surface area contributed by atoms with Crippen molar-refractivity contribution >= 4 is 11.9 Å². The lowest BCUT2D eigenvalue weighted by molar-refractivity contribution is -0.161. The lowest BCUT2D eigenvalue weighted by atomic mass is 10.1. The van der Waals surface area contributed by atoms with Crippen LogP contribution in [0.15, 0.2) is 60.8 Å². The molecule has 5 heteroatoms. The lowest BCUT2D eigenvalue weighted by Gasteiger charge is -2.15. The number of rotatable bonds is 31. The summed E-state index contributed by atoms with van der Waals surface area (Å²) in [5.74, 6) is -0.655. The zero-order valence-corrected chi connectivity index (χ0v) is 28.4. The van der Waals surface area contributed by atoms with Gasteiger partial charge in [0.1, 0.15) is 6.61 Å². The van der Waals surface area contributed by atoms with E-state index < -0.39 is 6.10 Å². The molecular formula is C39H66O5. The molecule has 0 heterocycles. The first-order valence-corrected chi connectivity index (χ1v) is 17.8. The minimum absolute atomic E-state index is 0.0929. The maximum Gasteiger partial charge on any atom is 0.306 e. The summed E-state index contributed by atoms with van der Waals surface area (Å²) in [5.41, 5.74) is 0. The third-order valence-electron chi connectivity index (χ3n) is 7.30. The molecule has 0 bridgehead atoms. The predicted octanol–water partition coefficient (Wildman–Crippen LogP) is 10.8. The smallest absolute Gasteiger partial charge is 0.306 e. The number of carbonyl (C=O) groups is 2. The van der Waals surface area contributed by atoms with Crippen molar-refractivity contribution in [2.45, 2.75) is 161 Å². The van der Waals surface area contributed by atoms with E-state index in [2.05, 4.69) is 74.6 Å². The Hall–Kier alpha value is -2.40. The molecule has 0 aromatic carbocycles. The highest BCUT2D eigenvalue weighted by Crippen LogP contribution is 2.11. The zero-order valence-electron chi connectivity index (χ0n) is 28.4. The molecule has 0 unspecified atom stereocenters. The molecule has 0 aromatic heterocycles. The number of carbonyl (C=O) groups excluding carboxylic acids is 2. The van der Waals surface area contributed by atoms with E-state index in [1.807, 2.05) is 0 Å². The van der Waals surface area contributed by atoms with Gasteiger partial charge in [0.2, 0.25) is 0 Å². The summed E-state index contributed by atoms with van der Waals surface area (Å²) < 4.78 is 10.5. The molecular weight excluding hydrogens is 548 g/mol. The van der Waals surface area contributed by atoms with Crippen LogP contribution in [-0.2, 0) is 19.1 Å². The summed E-state index contributed by atoms with van der Waals surface area (Å²) in [6, 6.07) is 0. The van der Waals surface area contributed by atoms with Crippen LogP contribution in [0, 0.1) is 0 Å². The number of unbranched alkanes of at least 4 members (excludes halogenated alkanes) is 13. The van der Waals surface area contributed by atoms with Crippen LogP contribution in [0.25, 0.3) is 0 Å². The van der Waals surface area contributed by atoms with Gasteiger partial charge in [0.15, 0.2) is 6.10 Å². The summed E-state index contributed by atoms with van der Waals surface area (Å²) >= 11 is 0. The number of hydrogen-bond acceptors (Lipinski definition) is 5. The molecule has 1 atom stereocenters. The van der Waals surface area contributed by atoms with Crippen molar-refractivity contribution in [2.24, 2.45) is 0 Å². The lowest BCUT2D eigenvalue weighted by Crippen LogP contribution is -2.28. The summed E-state index contributed by atoms with van der Waals surface area (Å²) in [6.45, 7) is 3.95. The molecule has 0 aliphatic rings. The van der Waals surface area contributed by atoms with Crippen molar-refractivity contribution in [3.63, 3.8) is 0 Å². The Kier molecular flexibility index (Phi) is 33.2. The van der Waals surface area contributed by atoms with E-state index >= 15 is 0 Å². The summed E-state index contributed by atoms with van der Waals surface area (Å²) in [6.07, 6.45) is 44.2. The Morgan fingerprint density at radius 2 is 0.977 bits per heavy atom. The highest BCUT2D eigenvalue weighted by atomic mass is 16.6. The van der Waals surface area contributed by atoms with Gasteiger partial charge in [0.05, 0.1) is 6.61 Å². The number of esters is 2. The quantitative estimate of drug-likeness (QED) is 0.0478. The van der Waals surface area contributed by atoms with Crippen molar-refractivity contribution in [1.29, 1.82) is 0 Å². The molecule has 0 aliphatic heterocycles. The SMILES string of the molecule is CC/C=C\C/C=C\C/C=C\C/C=C\CCCCC(=O)OC[C@H](CO)OC(=O)CCCCCCC/C=C\CCCCCCCC. The second kappa shape index (κ2) is 35.1. The highest BCUT2D eigenvalue weighted by molar-refractivity contribution is 5.70. The fourth-order valence-electron chi connectivity index (χ4n) is 4.60. The monoisotopic (exact) mass is 614 g/mol. The molecule has 252 valence electrons. The van der Waals surface area contributed by atoms with Crippen LogP contribution in [-0.4, -0.2) is 36.4 Å². The maximum atomic E-state index is 12.1. The van der Waals surface area contributed by atoms with Gasteiger partial charge in [-0.2, -0.15) is 0 Å². The van der Waals surface area contributed by atoms with Crippen molar-refractivity contribution < 1.29 is 24.2 Å². The Balaban J connectivity index is 3.68. The number of ether oxygens (including phenoxy) is 2. The van der Waals surface area contributed by atoms with Gasteiger partial charge in [0, 0.05) is 12.8 Å². The number of allylic oxidation sites excluding steroid dienone is 10. The molecule has 0 saturated heterocycles. The number of hydrogen-bond donors (Lipinski definition) is 1. The first-order valence-electron chi connectivity index (χ1n) is 17.8. The fourth-order valence-corrected chi connectivity index (χ4v) is 4.60. The van der Waals surface area contributed by atoms with E-state index in [-0.39, 0.29) is 25.2 Å². The first-order chi connectivity index (χ1) is 21.6. The Labute approximate surface area is 271 Å². The van der Waals surface area contributed by atoms with Crippen LogP contribution in [0.3, 0.4) is 0 Å². The molecule has 0 saturated carbocycles. The zero-order chi connectivity index (χ0) is 32.2. The van der Waals surface area contributed by atoms with Crippen LogP contribution in [0.2, 0.25) is 0 Å². The molecule has 44 heavy (non-hydrogen) atoms. The predicted molar refractivity (Wildman–Crippen MR) is 187 cm³/mol. The van der Waals surface area contributed by atoms with E-state index in [0.717, 1.165) is 70.6 Å². The van der Waals surface area contributed by atoms with Crippen LogP contribution in [0.5, 0.6) is 0 Å². The normalized spacial score (nSPS) is 12.9. The first kappa shape index (κ1) is 41.6. The number of aliphatic hydroxyl groups is 1. The summed E-state index contributed by atoms with van der Waals surface area (Å²) in [7, 11) is 0. The molecule has 0 amide bonds. The maximum absolute atomic E-state index is 12.1. The minimum Gasteiger partial charge on any atom is -0.462 e. The largest absolute Gasteiger partial charge is 0.462 e. The highest BCUT2D eigenvalue weighted by Gasteiger charge is 2.16. The molecule has 1 N–H and O–H groups in total. The second-order valence-corrected chi connectivity index (χ2v) is 11.6. The van der Waals surface area contributed by atoms with Crippen LogP contribution in [0.4, 0.5) is 0 Å². The summed E-state index contributed by atoms with van der Waals surface area (Å²) in [4.78, 5) is 24.1. The Bertz CT molecular complexity index is 792. The molecule has 0 radical (unpaired) electrons. The van der Waals surface area contributed by atoms with Gasteiger partial charge in [0.25, 0.3) is 0 Å². The van der Waals surface area contributed by atoms with Gasteiger partial charge in [-0.3, -0.25) is 9.59 Å². The van der Waals surface area contributed by atoms with Gasteiger partial charge < -0.3 is 14.6 Å². The van der Waals surface area contributed by atoms with Gasteiger partial charge in [-0.25, -0.2) is 0 Å². The Morgan fingerprint density at radius 1 is 0.545 bits per heavy atom. The molecule has 5 nitrogen and oxygen atoms in total. The molecule has 0 aliphatic carbocycles. The van der Waals surface area contributed by atoms with Gasteiger partial charge in [-0.05, 0) is 77.0 Å². The third-order valence-corrected chi connectivity index (χ3v) is 7.30. The van der Waals surface area contributed by atoms with Crippen LogP contribution >= 0.6 is 0 Å². The minimum atomic E-state index is -0.793. The molecule has 0 aromatic rings. The molecule has 0 rings (SSSR count). The van der Waals surface area contributed by atoms with Crippen LogP contribution < -0.4 is 0 Å². The van der Waals surface area contributed by atoms with Crippen molar-refractivity contribution in [2.75, 3.05) is 13.2 Å². The van der Waals surface area contributed by atoms with Crippen molar-refractivity contribution in [3.8, 4) is 0 Å². The van der Waals surface area contributed by atoms with Crippen molar-refractivity contribution in [1.82, 2.24) is 0 Å². The van der Waals surface area contributed by atoms with E-state index in [1.54, 1.807) is 0 Å². The summed E-state index contributed by atoms with van der Waals surface area (Å²) in [5, 5.41) is 9.52. The molecule has 0 spiro atoms. The van der Waals surface area contributed by atoms with Gasteiger partial charge >= 0.3 is 11.9 Å². The van der Waals surface area contributed by atoms with E-state index in [1.165, 1.54) is 57.8 Å². The van der Waals surface area contributed by atoms with E-state index in [0.29, 0.717) is 12.8 Å². The average Bonchev–Trinajstić information content (AvgIpc) is 3.02. The van der Waals surface area contributed by atoms with Gasteiger partial charge in [-0.1, -0.05) is 126 Å². The third kappa shape index (κ3) is 32.5. The van der Waals surface area contributed by atoms with Crippen LogP contribution in [0.1, 0.15) is 155 Å². The molecule has 0 fully saturated rings. The standard InChI is InChI=1S/C39H66O5/c1-3-5-7-9-11-13-15-17-19-21-23-25-27-29-31-33-38(41)43-36-37(35-40)44-39(42)34-32-30-28-26-24-22-20-18-16-14-12-10-8-6-4-2/h5,7,11,13,17-20,23,25,37,40H,3-4,6,8-10,12,14-16,21-22,24,26-36H2,1-2H3/b7-5-,13-11-,19-17-,20-18-,25-23-/t37-/m0/s1. The fraction of sp³-hybridized carbons (Fsp3) is 0.692. The number of aliphatic hydroxyl groups excluding tert-OH is 1. The topological polar surface area (TPSA) is 72.8 Å². The van der Waals surface area contributed by atoms with E-state index in [9.17, 15) is 14.7 Å². The van der Waals surface area contributed by atoms with Crippen molar-refractivity contribution in [3.05, 3.63) is 60.8 Å². The Morgan fingerprint density at radius 3 is 1.55 bits per heavy atom. The van der Waals surface area contributed by atoms with E-state index in [4.69, 9.17) is 9.47 Å². The average molecular weight is 615 g/mol. The second-order valence-electron chi connectivity index (χ2n) is 11.6. The van der Waals surface area contributed by atoms with Gasteiger partial charge in [-0.15, -0.1) is 0 Å².